The summed E-state index contributed by atoms with van der Waals surface area (Å²) in [6.07, 6.45) is 2.95. The summed E-state index contributed by atoms with van der Waals surface area (Å²) in [5, 5.41) is 21.3. The molecule has 4 nitrogen and oxygen atoms in total. The fourth-order valence-electron chi connectivity index (χ4n) is 2.99. The van der Waals surface area contributed by atoms with Crippen molar-refractivity contribution in [1.29, 1.82) is 0 Å². The van der Waals surface area contributed by atoms with E-state index in [1.54, 1.807) is 6.07 Å². The third-order valence-electron chi connectivity index (χ3n) is 4.46. The summed E-state index contributed by atoms with van der Waals surface area (Å²) >= 11 is 7.12. The van der Waals surface area contributed by atoms with Crippen molar-refractivity contribution in [2.24, 2.45) is 0 Å². The second-order valence-electron chi connectivity index (χ2n) is 6.49. The highest BCUT2D eigenvalue weighted by atomic mass is 35.5. The number of pyridine rings is 1. The van der Waals surface area contributed by atoms with Crippen molar-refractivity contribution >= 4 is 52.0 Å². The largest absolute Gasteiger partial charge is 0.477 e. The Labute approximate surface area is 176 Å². The molecule has 144 valence electrons. The molecule has 0 aliphatic rings. The van der Waals surface area contributed by atoms with E-state index in [9.17, 15) is 9.90 Å². The Balaban J connectivity index is 1.57. The number of carboxylic acids is 1. The molecule has 6 heteroatoms. The summed E-state index contributed by atoms with van der Waals surface area (Å²) in [5.41, 5.74) is 3.24. The van der Waals surface area contributed by atoms with Gasteiger partial charge in [0, 0.05) is 15.3 Å². The molecule has 1 atom stereocenters. The third kappa shape index (κ3) is 4.38. The van der Waals surface area contributed by atoms with Gasteiger partial charge in [-0.1, -0.05) is 48.0 Å². The molecule has 0 spiro atoms. The molecule has 0 aliphatic carbocycles. The molecule has 0 saturated carbocycles. The normalized spacial score (nSPS) is 12.5. The van der Waals surface area contributed by atoms with Gasteiger partial charge in [0.05, 0.1) is 11.2 Å². The predicted molar refractivity (Wildman–Crippen MR) is 117 cm³/mol. The van der Waals surface area contributed by atoms with E-state index in [0.717, 1.165) is 33.5 Å². The maximum absolute atomic E-state index is 11.1. The first-order valence-electron chi connectivity index (χ1n) is 8.85. The number of aliphatic hydroxyl groups is 1. The molecule has 29 heavy (non-hydrogen) atoms. The molecule has 4 rings (SSSR count). The number of hydrogen-bond acceptors (Lipinski definition) is 4. The van der Waals surface area contributed by atoms with Crippen LogP contribution in [0.4, 0.5) is 0 Å². The van der Waals surface area contributed by atoms with E-state index in [0.29, 0.717) is 15.5 Å². The Hall–Kier alpha value is -2.99. The Bertz CT molecular complexity index is 1230. The number of nitrogens with zero attached hydrogens (tertiary/aromatic N) is 1. The van der Waals surface area contributed by atoms with Crippen molar-refractivity contribution in [3.05, 3.63) is 98.3 Å². The van der Waals surface area contributed by atoms with Crippen molar-refractivity contribution in [2.45, 2.75) is 6.10 Å². The number of carboxylic acid groups (broad SMARTS) is 1. The van der Waals surface area contributed by atoms with Crippen molar-refractivity contribution in [1.82, 2.24) is 4.98 Å². The molecule has 0 fully saturated rings. The van der Waals surface area contributed by atoms with Crippen LogP contribution in [-0.2, 0) is 0 Å². The Morgan fingerprint density at radius 2 is 1.86 bits per heavy atom. The zero-order valence-electron chi connectivity index (χ0n) is 15.1. The summed E-state index contributed by atoms with van der Waals surface area (Å²) in [6, 6.07) is 20.2. The number of thiophene rings is 1. The van der Waals surface area contributed by atoms with E-state index >= 15 is 0 Å². The van der Waals surface area contributed by atoms with Gasteiger partial charge in [-0.25, -0.2) is 9.78 Å². The van der Waals surface area contributed by atoms with E-state index in [-0.39, 0.29) is 4.88 Å². The van der Waals surface area contributed by atoms with Crippen molar-refractivity contribution in [2.75, 3.05) is 0 Å². The van der Waals surface area contributed by atoms with Crippen LogP contribution in [-0.4, -0.2) is 21.2 Å². The summed E-state index contributed by atoms with van der Waals surface area (Å²) in [4.78, 5) is 16.5. The molecular weight excluding hydrogens is 406 g/mol. The number of aliphatic hydroxyl groups excluding tert-OH is 1. The van der Waals surface area contributed by atoms with Gasteiger partial charge < -0.3 is 10.2 Å². The first-order chi connectivity index (χ1) is 14.0. The topological polar surface area (TPSA) is 70.4 Å². The molecule has 0 radical (unpaired) electrons. The Morgan fingerprint density at radius 1 is 1.03 bits per heavy atom. The van der Waals surface area contributed by atoms with Crippen molar-refractivity contribution in [3.8, 4) is 0 Å². The minimum atomic E-state index is -0.991. The first kappa shape index (κ1) is 19.3. The smallest absolute Gasteiger partial charge is 0.345 e. The van der Waals surface area contributed by atoms with Gasteiger partial charge in [-0.2, -0.15) is 0 Å². The number of hydrogen-bond donors (Lipinski definition) is 2. The average Bonchev–Trinajstić information content (AvgIpc) is 3.22. The SMILES string of the molecule is O=C(O)c1ccc(C(O)c2cccc(C=Cc3ccc4ccc(Cl)cc4n3)c2)s1. The second kappa shape index (κ2) is 8.17. The lowest BCUT2D eigenvalue weighted by Gasteiger charge is -2.09. The van der Waals surface area contributed by atoms with Gasteiger partial charge in [-0.05, 0) is 53.6 Å². The summed E-state index contributed by atoms with van der Waals surface area (Å²) in [7, 11) is 0. The number of aromatic carboxylic acids is 1. The quantitative estimate of drug-likeness (QED) is 0.421. The van der Waals surface area contributed by atoms with Crippen LogP contribution in [0.2, 0.25) is 5.02 Å². The minimum absolute atomic E-state index is 0.206. The number of rotatable bonds is 5. The van der Waals surface area contributed by atoms with Gasteiger partial charge in [0.25, 0.3) is 0 Å². The molecular formula is C23H16ClNO3S. The zero-order valence-corrected chi connectivity index (χ0v) is 16.7. The Morgan fingerprint density at radius 3 is 2.66 bits per heavy atom. The highest BCUT2D eigenvalue weighted by Crippen LogP contribution is 2.29. The van der Waals surface area contributed by atoms with E-state index in [1.807, 2.05) is 66.7 Å². The van der Waals surface area contributed by atoms with Gasteiger partial charge in [0.2, 0.25) is 0 Å². The van der Waals surface area contributed by atoms with Crippen LogP contribution in [0.25, 0.3) is 23.1 Å². The van der Waals surface area contributed by atoms with Crippen LogP contribution >= 0.6 is 22.9 Å². The monoisotopic (exact) mass is 421 g/mol. The van der Waals surface area contributed by atoms with Crippen LogP contribution in [0.3, 0.4) is 0 Å². The van der Waals surface area contributed by atoms with Gasteiger partial charge in [-0.3, -0.25) is 0 Å². The van der Waals surface area contributed by atoms with E-state index < -0.39 is 12.1 Å². The molecule has 0 saturated heterocycles. The number of halogens is 1. The standard InChI is InChI=1S/C23H16ClNO3S/c24-17-7-5-15-6-9-18(25-19(15)13-17)8-4-14-2-1-3-16(12-14)22(26)20-10-11-21(29-20)23(27)28/h1-13,22,26H,(H,27,28). The highest BCUT2D eigenvalue weighted by molar-refractivity contribution is 7.14. The highest BCUT2D eigenvalue weighted by Gasteiger charge is 2.15. The van der Waals surface area contributed by atoms with Crippen molar-refractivity contribution in [3.63, 3.8) is 0 Å². The van der Waals surface area contributed by atoms with E-state index in [1.165, 1.54) is 6.07 Å². The van der Waals surface area contributed by atoms with Crippen molar-refractivity contribution < 1.29 is 15.0 Å². The van der Waals surface area contributed by atoms with Gasteiger partial charge >= 0.3 is 5.97 Å². The molecule has 0 bridgehead atoms. The number of benzene rings is 2. The predicted octanol–water partition coefficient (Wildman–Crippen LogP) is 5.90. The molecule has 2 heterocycles. The molecule has 0 aliphatic heterocycles. The molecule has 4 aromatic rings. The zero-order chi connectivity index (χ0) is 20.4. The van der Waals surface area contributed by atoms with Gasteiger partial charge in [0.1, 0.15) is 11.0 Å². The lowest BCUT2D eigenvalue weighted by molar-refractivity contribution is 0.0702. The summed E-state index contributed by atoms with van der Waals surface area (Å²) < 4.78 is 0. The molecule has 1 unspecified atom stereocenters. The number of carbonyl (C=O) groups is 1. The van der Waals surface area contributed by atoms with Crippen LogP contribution in [0.5, 0.6) is 0 Å². The van der Waals surface area contributed by atoms with Crippen LogP contribution < -0.4 is 0 Å². The van der Waals surface area contributed by atoms with Crippen LogP contribution in [0.15, 0.2) is 66.7 Å². The second-order valence-corrected chi connectivity index (χ2v) is 8.04. The summed E-state index contributed by atoms with van der Waals surface area (Å²) in [6.45, 7) is 0. The van der Waals surface area contributed by atoms with Crippen LogP contribution in [0.1, 0.15) is 37.5 Å². The van der Waals surface area contributed by atoms with E-state index in [4.69, 9.17) is 16.7 Å². The van der Waals surface area contributed by atoms with Gasteiger partial charge in [-0.15, -0.1) is 11.3 Å². The fraction of sp³-hybridized carbons (Fsp3) is 0.0435. The fourth-order valence-corrected chi connectivity index (χ4v) is 4.02. The molecule has 0 amide bonds. The number of fused-ring (bicyclic) bond motifs is 1. The average molecular weight is 422 g/mol. The van der Waals surface area contributed by atoms with Crippen LogP contribution in [0, 0.1) is 0 Å². The lowest BCUT2D eigenvalue weighted by atomic mass is 10.0. The van der Waals surface area contributed by atoms with Gasteiger partial charge in [0.15, 0.2) is 0 Å². The van der Waals surface area contributed by atoms with E-state index in [2.05, 4.69) is 4.98 Å². The molecule has 2 aromatic heterocycles. The lowest BCUT2D eigenvalue weighted by Crippen LogP contribution is -1.97. The minimum Gasteiger partial charge on any atom is -0.477 e. The maximum atomic E-state index is 11.1. The first-order valence-corrected chi connectivity index (χ1v) is 10.0. The Kier molecular flexibility index (Phi) is 5.45. The molecule has 2 aromatic carbocycles. The maximum Gasteiger partial charge on any atom is 0.345 e. The number of aromatic nitrogens is 1. The summed E-state index contributed by atoms with van der Waals surface area (Å²) in [5.74, 6) is -0.991. The third-order valence-corrected chi connectivity index (χ3v) is 5.82. The molecule has 2 N–H and O–H groups in total.